The predicted octanol–water partition coefficient (Wildman–Crippen LogP) is 2.07. The Kier molecular flexibility index (Phi) is 3.64. The van der Waals surface area contributed by atoms with Crippen molar-refractivity contribution in [2.75, 3.05) is 0 Å². The molecule has 0 saturated heterocycles. The van der Waals surface area contributed by atoms with Gasteiger partial charge in [-0.05, 0) is 37.8 Å². The molecule has 0 aromatic heterocycles. The van der Waals surface area contributed by atoms with Gasteiger partial charge in [-0.2, -0.15) is 0 Å². The topological polar surface area (TPSA) is 66.8 Å². The Morgan fingerprint density at radius 1 is 1.18 bits per heavy atom. The maximum absolute atomic E-state index is 11.0. The summed E-state index contributed by atoms with van der Waals surface area (Å²) in [5.41, 5.74) is 0.193. The molecule has 2 N–H and O–H groups in total. The van der Waals surface area contributed by atoms with Gasteiger partial charge in [0, 0.05) is 0 Å². The van der Waals surface area contributed by atoms with E-state index in [-0.39, 0.29) is 17.8 Å². The minimum Gasteiger partial charge on any atom is -0.490 e. The first kappa shape index (κ1) is 11.9. The second kappa shape index (κ2) is 5.19. The molecule has 0 heterocycles. The molecule has 0 bridgehead atoms. The van der Waals surface area contributed by atoms with E-state index in [4.69, 9.17) is 9.84 Å². The highest BCUT2D eigenvalue weighted by Gasteiger charge is 2.22. The summed E-state index contributed by atoms with van der Waals surface area (Å²) in [4.78, 5) is 11.0. The summed E-state index contributed by atoms with van der Waals surface area (Å²) in [6.45, 7) is 0. The predicted molar refractivity (Wildman–Crippen MR) is 62.3 cm³/mol. The van der Waals surface area contributed by atoms with E-state index < -0.39 is 5.97 Å². The number of hydrogen-bond acceptors (Lipinski definition) is 3. The Morgan fingerprint density at radius 3 is 2.47 bits per heavy atom. The molecule has 2 rings (SSSR count). The molecule has 4 heteroatoms. The van der Waals surface area contributed by atoms with E-state index in [9.17, 15) is 9.90 Å². The Bertz CT molecular complexity index is 394. The molecule has 17 heavy (non-hydrogen) atoms. The van der Waals surface area contributed by atoms with E-state index in [1.54, 1.807) is 18.2 Å². The van der Waals surface area contributed by atoms with Gasteiger partial charge in [0.1, 0.15) is 11.3 Å². The van der Waals surface area contributed by atoms with Crippen LogP contribution in [-0.4, -0.2) is 28.4 Å². The summed E-state index contributed by atoms with van der Waals surface area (Å²) in [7, 11) is 0. The average Bonchev–Trinajstić information content (AvgIpc) is 2.32. The van der Waals surface area contributed by atoms with Crippen LogP contribution in [0.25, 0.3) is 0 Å². The Morgan fingerprint density at radius 2 is 1.82 bits per heavy atom. The van der Waals surface area contributed by atoms with Crippen LogP contribution in [0.1, 0.15) is 36.0 Å². The van der Waals surface area contributed by atoms with E-state index >= 15 is 0 Å². The fraction of sp³-hybridized carbons (Fsp3) is 0.462. The lowest BCUT2D eigenvalue weighted by atomic mass is 9.95. The number of para-hydroxylation sites is 1. The number of benzene rings is 1. The monoisotopic (exact) mass is 236 g/mol. The normalized spacial score (nSPS) is 24.3. The van der Waals surface area contributed by atoms with Crippen molar-refractivity contribution in [1.29, 1.82) is 0 Å². The van der Waals surface area contributed by atoms with E-state index in [0.29, 0.717) is 5.75 Å². The molecular formula is C13H16O4. The molecule has 4 nitrogen and oxygen atoms in total. The molecule has 1 aliphatic carbocycles. The third kappa shape index (κ3) is 2.97. The highest BCUT2D eigenvalue weighted by molar-refractivity contribution is 5.90. The van der Waals surface area contributed by atoms with E-state index in [0.717, 1.165) is 25.7 Å². The van der Waals surface area contributed by atoms with Crippen molar-refractivity contribution in [3.8, 4) is 5.75 Å². The number of aliphatic hydroxyl groups excluding tert-OH is 1. The summed E-state index contributed by atoms with van der Waals surface area (Å²) in [5, 5.41) is 18.4. The maximum Gasteiger partial charge on any atom is 0.339 e. The van der Waals surface area contributed by atoms with E-state index in [1.165, 1.54) is 6.07 Å². The lowest BCUT2D eigenvalue weighted by Gasteiger charge is -2.26. The summed E-state index contributed by atoms with van der Waals surface area (Å²) < 4.78 is 5.70. The van der Waals surface area contributed by atoms with Crippen molar-refractivity contribution >= 4 is 5.97 Å². The van der Waals surface area contributed by atoms with Crippen LogP contribution in [0.3, 0.4) is 0 Å². The van der Waals surface area contributed by atoms with Crippen molar-refractivity contribution in [3.05, 3.63) is 29.8 Å². The number of carboxylic acids is 1. The zero-order valence-corrected chi connectivity index (χ0v) is 9.50. The smallest absolute Gasteiger partial charge is 0.339 e. The second-order valence-electron chi connectivity index (χ2n) is 4.35. The van der Waals surface area contributed by atoms with Gasteiger partial charge >= 0.3 is 5.97 Å². The molecule has 1 aromatic carbocycles. The first-order valence-electron chi connectivity index (χ1n) is 5.84. The van der Waals surface area contributed by atoms with Crippen LogP contribution in [0.2, 0.25) is 0 Å². The minimum atomic E-state index is -0.976. The molecule has 1 fully saturated rings. The number of carboxylic acid groups (broad SMARTS) is 1. The largest absolute Gasteiger partial charge is 0.490 e. The van der Waals surface area contributed by atoms with Crippen LogP contribution in [0.15, 0.2) is 24.3 Å². The third-order valence-corrected chi connectivity index (χ3v) is 3.05. The van der Waals surface area contributed by atoms with Crippen LogP contribution in [0, 0.1) is 0 Å². The van der Waals surface area contributed by atoms with Gasteiger partial charge in [0.15, 0.2) is 0 Å². The highest BCUT2D eigenvalue weighted by Crippen LogP contribution is 2.26. The summed E-state index contributed by atoms with van der Waals surface area (Å²) in [5.74, 6) is -0.558. The lowest BCUT2D eigenvalue weighted by Crippen LogP contribution is -2.27. The Hall–Kier alpha value is -1.55. The van der Waals surface area contributed by atoms with Gasteiger partial charge in [0.05, 0.1) is 12.2 Å². The van der Waals surface area contributed by atoms with Gasteiger partial charge < -0.3 is 14.9 Å². The molecule has 1 aromatic rings. The highest BCUT2D eigenvalue weighted by atomic mass is 16.5. The van der Waals surface area contributed by atoms with E-state index in [1.807, 2.05) is 0 Å². The maximum atomic E-state index is 11.0. The van der Waals surface area contributed by atoms with Crippen LogP contribution in [-0.2, 0) is 0 Å². The van der Waals surface area contributed by atoms with Crippen molar-refractivity contribution in [1.82, 2.24) is 0 Å². The SMILES string of the molecule is O=C(O)c1ccccc1OC1CCC(O)CC1. The molecule has 1 saturated carbocycles. The lowest BCUT2D eigenvalue weighted by molar-refractivity contribution is 0.0612. The Balaban J connectivity index is 2.05. The standard InChI is InChI=1S/C13H16O4/c14-9-5-7-10(8-6-9)17-12-4-2-1-3-11(12)13(15)16/h1-4,9-10,14H,5-8H2,(H,15,16). The summed E-state index contributed by atoms with van der Waals surface area (Å²) in [6.07, 6.45) is 2.77. The van der Waals surface area contributed by atoms with Gasteiger partial charge in [-0.25, -0.2) is 4.79 Å². The van der Waals surface area contributed by atoms with Gasteiger partial charge in [0.25, 0.3) is 0 Å². The van der Waals surface area contributed by atoms with Crippen LogP contribution >= 0.6 is 0 Å². The first-order valence-corrected chi connectivity index (χ1v) is 5.84. The van der Waals surface area contributed by atoms with Gasteiger partial charge in [-0.3, -0.25) is 0 Å². The summed E-state index contributed by atoms with van der Waals surface area (Å²) >= 11 is 0. The van der Waals surface area contributed by atoms with Gasteiger partial charge in [-0.15, -0.1) is 0 Å². The molecule has 0 unspecified atom stereocenters. The summed E-state index contributed by atoms with van der Waals surface area (Å²) in [6, 6.07) is 6.66. The zero-order valence-electron chi connectivity index (χ0n) is 9.50. The first-order chi connectivity index (χ1) is 8.16. The van der Waals surface area contributed by atoms with Gasteiger partial charge in [0.2, 0.25) is 0 Å². The van der Waals surface area contributed by atoms with Crippen LogP contribution in [0.5, 0.6) is 5.75 Å². The molecule has 0 spiro atoms. The minimum absolute atomic E-state index is 0.0129. The fourth-order valence-corrected chi connectivity index (χ4v) is 2.09. The van der Waals surface area contributed by atoms with E-state index in [2.05, 4.69) is 0 Å². The molecule has 0 radical (unpaired) electrons. The molecule has 92 valence electrons. The number of rotatable bonds is 3. The molecule has 0 aliphatic heterocycles. The van der Waals surface area contributed by atoms with Crippen LogP contribution < -0.4 is 4.74 Å². The molecule has 0 atom stereocenters. The van der Waals surface area contributed by atoms with Crippen LogP contribution in [0.4, 0.5) is 0 Å². The molecule has 0 amide bonds. The molecule has 1 aliphatic rings. The van der Waals surface area contributed by atoms with Crippen molar-refractivity contribution in [2.24, 2.45) is 0 Å². The number of ether oxygens (including phenoxy) is 1. The number of hydrogen-bond donors (Lipinski definition) is 2. The quantitative estimate of drug-likeness (QED) is 0.843. The fourth-order valence-electron chi connectivity index (χ4n) is 2.09. The second-order valence-corrected chi connectivity index (χ2v) is 4.35. The van der Waals surface area contributed by atoms with Crippen molar-refractivity contribution in [2.45, 2.75) is 37.9 Å². The van der Waals surface area contributed by atoms with Crippen molar-refractivity contribution in [3.63, 3.8) is 0 Å². The molecular weight excluding hydrogens is 220 g/mol. The number of aliphatic hydroxyl groups is 1. The van der Waals surface area contributed by atoms with Gasteiger partial charge in [-0.1, -0.05) is 12.1 Å². The zero-order chi connectivity index (χ0) is 12.3. The van der Waals surface area contributed by atoms with Crippen molar-refractivity contribution < 1.29 is 19.7 Å². The number of aromatic carboxylic acids is 1. The Labute approximate surface area is 99.8 Å². The average molecular weight is 236 g/mol. The number of carbonyl (C=O) groups is 1. The third-order valence-electron chi connectivity index (χ3n) is 3.05.